The van der Waals surface area contributed by atoms with Gasteiger partial charge in [-0.25, -0.2) is 9.78 Å². The molecule has 1 atom stereocenters. The molecule has 0 spiro atoms. The van der Waals surface area contributed by atoms with Crippen molar-refractivity contribution in [3.8, 4) is 17.2 Å². The third-order valence-corrected chi connectivity index (χ3v) is 7.95. The minimum absolute atomic E-state index is 0.123. The van der Waals surface area contributed by atoms with Crippen molar-refractivity contribution in [2.24, 2.45) is 0 Å². The zero-order valence-electron chi connectivity index (χ0n) is 23.0. The third kappa shape index (κ3) is 5.49. The Kier molecular flexibility index (Phi) is 8.25. The molecule has 1 saturated heterocycles. The third-order valence-electron chi connectivity index (χ3n) is 6.81. The van der Waals surface area contributed by atoms with Crippen LogP contribution < -0.4 is 19.1 Å². The van der Waals surface area contributed by atoms with Crippen molar-refractivity contribution in [2.75, 3.05) is 31.8 Å². The van der Waals surface area contributed by atoms with E-state index in [-0.39, 0.29) is 26.9 Å². The molecule has 0 saturated carbocycles. The van der Waals surface area contributed by atoms with E-state index in [4.69, 9.17) is 18.9 Å². The highest BCUT2D eigenvalue weighted by molar-refractivity contribution is 7.17. The molecule has 0 unspecified atom stereocenters. The number of fused-ring (bicyclic) bond motifs is 1. The summed E-state index contributed by atoms with van der Waals surface area (Å²) in [6, 6.07) is 10.8. The molecule has 11 heteroatoms. The fraction of sp³-hybridized carbons (Fsp3) is 0.333. The van der Waals surface area contributed by atoms with Gasteiger partial charge in [-0.15, -0.1) is 0 Å². The molecule has 41 heavy (non-hydrogen) atoms. The van der Waals surface area contributed by atoms with Crippen molar-refractivity contribution in [1.29, 1.82) is 0 Å². The number of aliphatic hydroxyl groups excluding tert-OH is 1. The van der Waals surface area contributed by atoms with E-state index in [0.717, 1.165) is 30.6 Å². The van der Waals surface area contributed by atoms with Crippen LogP contribution in [0.2, 0.25) is 0 Å². The van der Waals surface area contributed by atoms with E-state index >= 15 is 0 Å². The Morgan fingerprint density at radius 3 is 2.66 bits per heavy atom. The standard InChI is InChI=1S/C30H30N2O8S/c1-4-5-6-12-38-20-9-7-8-18(15-20)24-23(25(33)19-10-11-21-22(16-19)40-14-13-39-21)26(34)28(35)32(24)30-31-17(2)27(41-30)29(36)37-3/h7-11,15-16,24,33H,4-6,12-14H2,1-3H3/b25-23+/t24-/m0/s1. The van der Waals surface area contributed by atoms with Gasteiger partial charge in [0.25, 0.3) is 5.78 Å². The number of carbonyl (C=O) groups is 3. The summed E-state index contributed by atoms with van der Waals surface area (Å²) in [5, 5.41) is 11.7. The first kappa shape index (κ1) is 28.2. The molecular weight excluding hydrogens is 548 g/mol. The van der Waals surface area contributed by atoms with Crippen LogP contribution in [-0.2, 0) is 14.3 Å². The molecule has 1 fully saturated rings. The highest BCUT2D eigenvalue weighted by Crippen LogP contribution is 2.45. The van der Waals surface area contributed by atoms with Crippen molar-refractivity contribution in [2.45, 2.75) is 39.2 Å². The predicted molar refractivity (Wildman–Crippen MR) is 152 cm³/mol. The van der Waals surface area contributed by atoms with Gasteiger partial charge in [-0.1, -0.05) is 43.2 Å². The number of carbonyl (C=O) groups excluding carboxylic acids is 3. The Labute approximate surface area is 241 Å². The summed E-state index contributed by atoms with van der Waals surface area (Å²) >= 11 is 0.941. The Morgan fingerprint density at radius 1 is 1.12 bits per heavy atom. The molecular formula is C30H30N2O8S. The largest absolute Gasteiger partial charge is 0.507 e. The van der Waals surface area contributed by atoms with Gasteiger partial charge in [0, 0.05) is 5.56 Å². The van der Waals surface area contributed by atoms with Crippen LogP contribution in [0.15, 0.2) is 48.0 Å². The number of anilines is 1. The fourth-order valence-corrected chi connectivity index (χ4v) is 5.79. The van der Waals surface area contributed by atoms with Gasteiger partial charge in [0.15, 0.2) is 16.6 Å². The summed E-state index contributed by atoms with van der Waals surface area (Å²) < 4.78 is 22.0. The van der Waals surface area contributed by atoms with E-state index in [0.29, 0.717) is 48.3 Å². The van der Waals surface area contributed by atoms with Crippen LogP contribution >= 0.6 is 11.3 Å². The summed E-state index contributed by atoms with van der Waals surface area (Å²) in [6.45, 7) is 5.00. The van der Waals surface area contributed by atoms with Gasteiger partial charge in [0.2, 0.25) is 0 Å². The number of benzene rings is 2. The highest BCUT2D eigenvalue weighted by Gasteiger charge is 2.48. The van der Waals surface area contributed by atoms with E-state index in [2.05, 4.69) is 11.9 Å². The molecule has 2 aromatic carbocycles. The van der Waals surface area contributed by atoms with Crippen LogP contribution in [-0.4, -0.2) is 54.7 Å². The van der Waals surface area contributed by atoms with E-state index < -0.39 is 23.7 Å². The first-order chi connectivity index (χ1) is 19.8. The van der Waals surface area contributed by atoms with Gasteiger partial charge < -0.3 is 24.1 Å². The lowest BCUT2D eigenvalue weighted by atomic mass is 9.95. The van der Waals surface area contributed by atoms with E-state index in [1.165, 1.54) is 12.0 Å². The molecule has 0 aliphatic carbocycles. The molecule has 3 heterocycles. The first-order valence-corrected chi connectivity index (χ1v) is 14.1. The maximum Gasteiger partial charge on any atom is 0.350 e. The zero-order chi connectivity index (χ0) is 29.1. The number of thiazole rings is 1. The van der Waals surface area contributed by atoms with Crippen molar-refractivity contribution >= 4 is 39.9 Å². The summed E-state index contributed by atoms with van der Waals surface area (Å²) in [4.78, 5) is 45.3. The number of ketones is 1. The number of aliphatic hydroxyl groups is 1. The summed E-state index contributed by atoms with van der Waals surface area (Å²) in [6.07, 6.45) is 2.97. The second kappa shape index (κ2) is 12.0. The lowest BCUT2D eigenvalue weighted by Gasteiger charge is -2.24. The van der Waals surface area contributed by atoms with E-state index in [1.807, 2.05) is 0 Å². The molecule has 1 aromatic heterocycles. The average Bonchev–Trinajstić information content (AvgIpc) is 3.50. The van der Waals surface area contributed by atoms with Crippen molar-refractivity contribution in [3.63, 3.8) is 0 Å². The van der Waals surface area contributed by atoms with Gasteiger partial charge >= 0.3 is 11.9 Å². The lowest BCUT2D eigenvalue weighted by molar-refractivity contribution is -0.132. The van der Waals surface area contributed by atoms with Crippen LogP contribution in [0.25, 0.3) is 5.76 Å². The molecule has 0 bridgehead atoms. The van der Waals surface area contributed by atoms with Crippen LogP contribution in [0, 0.1) is 6.92 Å². The topological polar surface area (TPSA) is 124 Å². The fourth-order valence-electron chi connectivity index (χ4n) is 4.78. The van der Waals surface area contributed by atoms with Crippen LogP contribution in [0.4, 0.5) is 5.13 Å². The number of ether oxygens (including phenoxy) is 4. The number of amides is 1. The summed E-state index contributed by atoms with van der Waals surface area (Å²) in [7, 11) is 1.26. The first-order valence-electron chi connectivity index (χ1n) is 13.3. The second-order valence-corrected chi connectivity index (χ2v) is 10.5. The molecule has 1 N–H and O–H groups in total. The molecule has 10 nitrogen and oxygen atoms in total. The quantitative estimate of drug-likeness (QED) is 0.120. The maximum atomic E-state index is 13.6. The van der Waals surface area contributed by atoms with Crippen LogP contribution in [0.3, 0.4) is 0 Å². The monoisotopic (exact) mass is 578 g/mol. The molecule has 0 radical (unpaired) electrons. The van der Waals surface area contributed by atoms with Crippen molar-refractivity contribution in [1.82, 2.24) is 4.98 Å². The van der Waals surface area contributed by atoms with E-state index in [9.17, 15) is 19.5 Å². The number of nitrogens with zero attached hydrogens (tertiary/aromatic N) is 2. The van der Waals surface area contributed by atoms with Gasteiger partial charge in [-0.05, 0) is 49.2 Å². The normalized spacial score (nSPS) is 17.5. The summed E-state index contributed by atoms with van der Waals surface area (Å²) in [5.74, 6) is -1.23. The van der Waals surface area contributed by atoms with Gasteiger partial charge in [0.05, 0.1) is 31.0 Å². The Balaban J connectivity index is 1.63. The summed E-state index contributed by atoms with van der Waals surface area (Å²) in [5.41, 5.74) is 1.05. The maximum absolute atomic E-state index is 13.6. The molecule has 5 rings (SSSR count). The van der Waals surface area contributed by atoms with Crippen LogP contribution in [0.5, 0.6) is 17.2 Å². The minimum atomic E-state index is -1.04. The second-order valence-electron chi connectivity index (χ2n) is 9.56. The minimum Gasteiger partial charge on any atom is -0.507 e. The number of methoxy groups -OCH3 is 1. The molecule has 1 amide bonds. The number of unbranched alkanes of at least 4 members (excludes halogenated alkanes) is 2. The van der Waals surface area contributed by atoms with Crippen molar-refractivity contribution in [3.05, 3.63) is 69.7 Å². The Hall–Kier alpha value is -4.38. The molecule has 2 aliphatic rings. The number of esters is 1. The number of rotatable bonds is 9. The SMILES string of the molecule is CCCCCOc1cccc([C@H]2/C(=C(\O)c3ccc4c(c3)OCCO4)C(=O)C(=O)N2c2nc(C)c(C(=O)OC)s2)c1. The van der Waals surface area contributed by atoms with Crippen LogP contribution in [0.1, 0.15) is 58.7 Å². The number of Topliss-reactive ketones (excluding diaryl/α,β-unsaturated/α-hetero) is 1. The van der Waals surface area contributed by atoms with Gasteiger partial charge in [-0.2, -0.15) is 0 Å². The Morgan fingerprint density at radius 2 is 1.90 bits per heavy atom. The number of hydrogen-bond donors (Lipinski definition) is 1. The average molecular weight is 579 g/mol. The smallest absolute Gasteiger partial charge is 0.350 e. The molecule has 2 aliphatic heterocycles. The van der Waals surface area contributed by atoms with Gasteiger partial charge in [-0.3, -0.25) is 14.5 Å². The number of aryl methyl sites for hydroxylation is 1. The number of hydrogen-bond acceptors (Lipinski definition) is 10. The number of aromatic nitrogens is 1. The van der Waals surface area contributed by atoms with E-state index in [1.54, 1.807) is 49.4 Å². The molecule has 3 aromatic rings. The lowest BCUT2D eigenvalue weighted by Crippen LogP contribution is -2.29. The predicted octanol–water partition coefficient (Wildman–Crippen LogP) is 5.20. The van der Waals surface area contributed by atoms with Crippen molar-refractivity contribution < 1.29 is 38.4 Å². The zero-order valence-corrected chi connectivity index (χ0v) is 23.8. The Bertz CT molecular complexity index is 1530. The van der Waals surface area contributed by atoms with Gasteiger partial charge in [0.1, 0.15) is 29.6 Å². The molecule has 214 valence electrons. The highest BCUT2D eigenvalue weighted by atomic mass is 32.1.